The molecule has 1 saturated heterocycles. The molecule has 0 aromatic carbocycles. The Balaban J connectivity index is 2.53. The molecule has 3 atom stereocenters. The van der Waals surface area contributed by atoms with Gasteiger partial charge >= 0.3 is 0 Å². The number of nitrogens with one attached hydrogen (secondary N) is 2. The summed E-state index contributed by atoms with van der Waals surface area (Å²) in [6.07, 6.45) is 4.62. The molecule has 1 fully saturated rings. The second-order valence-electron chi connectivity index (χ2n) is 6.61. The highest BCUT2D eigenvalue weighted by molar-refractivity contribution is 5.81. The highest BCUT2D eigenvalue weighted by Crippen LogP contribution is 2.20. The zero-order valence-electron chi connectivity index (χ0n) is 13.4. The molecular weight excluding hydrogens is 238 g/mol. The summed E-state index contributed by atoms with van der Waals surface area (Å²) in [5.74, 6) is 0.0804. The van der Waals surface area contributed by atoms with E-state index in [1.165, 1.54) is 19.3 Å². The highest BCUT2D eigenvalue weighted by Gasteiger charge is 2.28. The number of hydrogen-bond acceptors (Lipinski definition) is 3. The molecule has 112 valence electrons. The quantitative estimate of drug-likeness (QED) is 0.806. The Morgan fingerprint density at radius 2 is 1.84 bits per heavy atom. The standard InChI is InChI=1S/C15H31N3O/c1-7-15(5,6)16-14(19)13(4)17-18-11(2)9-8-10-12(18)3/h11-13,17H,7-10H2,1-6H3,(H,16,19). The van der Waals surface area contributed by atoms with Gasteiger partial charge in [-0.05, 0) is 53.9 Å². The Morgan fingerprint density at radius 3 is 2.32 bits per heavy atom. The van der Waals surface area contributed by atoms with Gasteiger partial charge in [-0.2, -0.15) is 0 Å². The van der Waals surface area contributed by atoms with Gasteiger partial charge in [0.25, 0.3) is 0 Å². The molecule has 1 aliphatic rings. The van der Waals surface area contributed by atoms with Crippen LogP contribution >= 0.6 is 0 Å². The Morgan fingerprint density at radius 1 is 1.32 bits per heavy atom. The fourth-order valence-electron chi connectivity index (χ4n) is 2.49. The summed E-state index contributed by atoms with van der Waals surface area (Å²) in [5.41, 5.74) is 3.25. The van der Waals surface area contributed by atoms with Crippen LogP contribution in [0.15, 0.2) is 0 Å². The van der Waals surface area contributed by atoms with Crippen molar-refractivity contribution in [2.75, 3.05) is 0 Å². The number of hydrogen-bond donors (Lipinski definition) is 2. The third-order valence-electron chi connectivity index (χ3n) is 4.28. The minimum Gasteiger partial charge on any atom is -0.350 e. The van der Waals surface area contributed by atoms with Crippen LogP contribution in [0.5, 0.6) is 0 Å². The molecular formula is C15H31N3O. The average molecular weight is 269 g/mol. The molecule has 0 spiro atoms. The van der Waals surface area contributed by atoms with Crippen molar-refractivity contribution in [2.45, 2.75) is 90.9 Å². The Hall–Kier alpha value is -0.610. The van der Waals surface area contributed by atoms with Crippen LogP contribution in [0.25, 0.3) is 0 Å². The van der Waals surface area contributed by atoms with Crippen molar-refractivity contribution in [1.82, 2.24) is 15.8 Å². The molecule has 0 aromatic heterocycles. The molecule has 1 rings (SSSR count). The Bertz CT molecular complexity index is 294. The van der Waals surface area contributed by atoms with Crippen LogP contribution in [0.2, 0.25) is 0 Å². The lowest BCUT2D eigenvalue weighted by Crippen LogP contribution is -2.59. The van der Waals surface area contributed by atoms with Gasteiger partial charge in [-0.1, -0.05) is 13.3 Å². The smallest absolute Gasteiger partial charge is 0.238 e. The largest absolute Gasteiger partial charge is 0.350 e. The number of hydrazine groups is 1. The van der Waals surface area contributed by atoms with E-state index >= 15 is 0 Å². The Labute approximate surface area is 118 Å². The van der Waals surface area contributed by atoms with E-state index in [1.54, 1.807) is 0 Å². The SMILES string of the molecule is CCC(C)(C)NC(=O)C(C)NN1C(C)CCCC1C. The summed E-state index contributed by atoms with van der Waals surface area (Å²) in [5, 5.41) is 5.35. The molecule has 1 aliphatic heterocycles. The fraction of sp³-hybridized carbons (Fsp3) is 0.933. The van der Waals surface area contributed by atoms with Gasteiger partial charge in [-0.3, -0.25) is 4.79 Å². The average Bonchev–Trinajstić information content (AvgIpc) is 2.33. The van der Waals surface area contributed by atoms with Crippen LogP contribution in [-0.4, -0.2) is 34.6 Å². The minimum atomic E-state index is -0.186. The number of amides is 1. The molecule has 3 unspecified atom stereocenters. The van der Waals surface area contributed by atoms with Crippen molar-refractivity contribution in [1.29, 1.82) is 0 Å². The maximum absolute atomic E-state index is 12.2. The van der Waals surface area contributed by atoms with Gasteiger partial charge in [-0.15, -0.1) is 0 Å². The predicted molar refractivity (Wildman–Crippen MR) is 79.7 cm³/mol. The normalized spacial score (nSPS) is 27.1. The third-order valence-corrected chi connectivity index (χ3v) is 4.28. The van der Waals surface area contributed by atoms with Crippen LogP contribution in [0, 0.1) is 0 Å². The zero-order valence-corrected chi connectivity index (χ0v) is 13.4. The van der Waals surface area contributed by atoms with Crippen molar-refractivity contribution in [3.63, 3.8) is 0 Å². The van der Waals surface area contributed by atoms with Crippen molar-refractivity contribution >= 4 is 5.91 Å². The van der Waals surface area contributed by atoms with E-state index in [0.29, 0.717) is 12.1 Å². The number of piperidine rings is 1. The van der Waals surface area contributed by atoms with Crippen LogP contribution in [-0.2, 0) is 4.79 Å². The first-order valence-electron chi connectivity index (χ1n) is 7.63. The lowest BCUT2D eigenvalue weighted by atomic mass is 9.99. The predicted octanol–water partition coefficient (Wildman–Crippen LogP) is 2.45. The van der Waals surface area contributed by atoms with Gasteiger partial charge in [0, 0.05) is 17.6 Å². The van der Waals surface area contributed by atoms with E-state index in [2.05, 4.69) is 50.4 Å². The van der Waals surface area contributed by atoms with Crippen molar-refractivity contribution in [2.24, 2.45) is 0 Å². The fourth-order valence-corrected chi connectivity index (χ4v) is 2.49. The van der Waals surface area contributed by atoms with Crippen molar-refractivity contribution < 1.29 is 4.79 Å². The first-order valence-corrected chi connectivity index (χ1v) is 7.63. The van der Waals surface area contributed by atoms with Gasteiger partial charge in [0.1, 0.15) is 0 Å². The summed E-state index contributed by atoms with van der Waals surface area (Å²) < 4.78 is 0. The van der Waals surface area contributed by atoms with E-state index < -0.39 is 0 Å². The molecule has 0 aromatic rings. The summed E-state index contributed by atoms with van der Waals surface area (Å²) in [6.45, 7) is 12.6. The van der Waals surface area contributed by atoms with E-state index in [-0.39, 0.29) is 17.5 Å². The summed E-state index contributed by atoms with van der Waals surface area (Å²) in [7, 11) is 0. The molecule has 2 N–H and O–H groups in total. The minimum absolute atomic E-state index is 0.0804. The van der Waals surface area contributed by atoms with Crippen molar-refractivity contribution in [3.8, 4) is 0 Å². The topological polar surface area (TPSA) is 44.4 Å². The number of carbonyl (C=O) groups excluding carboxylic acids is 1. The summed E-state index contributed by atoms with van der Waals surface area (Å²) >= 11 is 0. The molecule has 0 saturated carbocycles. The molecule has 4 nitrogen and oxygen atoms in total. The van der Waals surface area contributed by atoms with E-state index in [1.807, 2.05) is 6.92 Å². The molecule has 0 bridgehead atoms. The van der Waals surface area contributed by atoms with Crippen molar-refractivity contribution in [3.05, 3.63) is 0 Å². The maximum Gasteiger partial charge on any atom is 0.238 e. The molecule has 0 radical (unpaired) electrons. The Kier molecular flexibility index (Phi) is 5.81. The zero-order chi connectivity index (χ0) is 14.6. The van der Waals surface area contributed by atoms with Gasteiger partial charge < -0.3 is 5.32 Å². The van der Waals surface area contributed by atoms with Gasteiger partial charge in [0.05, 0.1) is 6.04 Å². The van der Waals surface area contributed by atoms with E-state index in [9.17, 15) is 4.79 Å². The molecule has 4 heteroatoms. The van der Waals surface area contributed by atoms with Gasteiger partial charge in [0.2, 0.25) is 5.91 Å². The summed E-state index contributed by atoms with van der Waals surface area (Å²) in [4.78, 5) is 12.2. The van der Waals surface area contributed by atoms with E-state index in [0.717, 1.165) is 6.42 Å². The van der Waals surface area contributed by atoms with Crippen LogP contribution in [0.4, 0.5) is 0 Å². The molecule has 19 heavy (non-hydrogen) atoms. The second-order valence-corrected chi connectivity index (χ2v) is 6.61. The number of carbonyl (C=O) groups is 1. The van der Waals surface area contributed by atoms with E-state index in [4.69, 9.17) is 0 Å². The number of nitrogens with zero attached hydrogens (tertiary/aromatic N) is 1. The lowest BCUT2D eigenvalue weighted by Gasteiger charge is -2.41. The van der Waals surface area contributed by atoms with Crippen LogP contribution in [0.1, 0.15) is 67.2 Å². The maximum atomic E-state index is 12.2. The highest BCUT2D eigenvalue weighted by atomic mass is 16.2. The molecule has 1 amide bonds. The third kappa shape index (κ3) is 4.77. The molecule has 0 aliphatic carbocycles. The first-order chi connectivity index (χ1) is 8.76. The van der Waals surface area contributed by atoms with Crippen LogP contribution in [0.3, 0.4) is 0 Å². The lowest BCUT2D eigenvalue weighted by molar-refractivity contribution is -0.126. The number of rotatable bonds is 5. The first kappa shape index (κ1) is 16.4. The van der Waals surface area contributed by atoms with Gasteiger partial charge in [-0.25, -0.2) is 10.4 Å². The van der Waals surface area contributed by atoms with Crippen LogP contribution < -0.4 is 10.7 Å². The van der Waals surface area contributed by atoms with Gasteiger partial charge in [0.15, 0.2) is 0 Å². The molecule has 1 heterocycles. The monoisotopic (exact) mass is 269 g/mol. The summed E-state index contributed by atoms with van der Waals surface area (Å²) in [6, 6.07) is 0.810. The second kappa shape index (κ2) is 6.71.